The second kappa shape index (κ2) is 4.75. The molecule has 0 saturated heterocycles. The molecule has 0 aliphatic heterocycles. The minimum Gasteiger partial charge on any atom is -0.398 e. The summed E-state index contributed by atoms with van der Waals surface area (Å²) in [6.07, 6.45) is 1.69. The molecule has 1 amide bonds. The molecule has 1 atom stereocenters. The van der Waals surface area contributed by atoms with Gasteiger partial charge in [0.05, 0.1) is 11.7 Å². The number of nitrogens with two attached hydrogens (primary N) is 1. The molecule has 1 aliphatic rings. The van der Waals surface area contributed by atoms with E-state index in [2.05, 4.69) is 5.32 Å². The predicted molar refractivity (Wildman–Crippen MR) is 66.7 cm³/mol. The third kappa shape index (κ3) is 2.77. The molecular formula is C13H18N2O2. The number of carbonyl (C=O) groups excluding carboxylic acids is 1. The van der Waals surface area contributed by atoms with Gasteiger partial charge in [0.2, 0.25) is 0 Å². The van der Waals surface area contributed by atoms with Crippen molar-refractivity contribution in [2.75, 3.05) is 12.3 Å². The summed E-state index contributed by atoms with van der Waals surface area (Å²) in [7, 11) is 0. The zero-order valence-corrected chi connectivity index (χ0v) is 9.94. The van der Waals surface area contributed by atoms with E-state index >= 15 is 0 Å². The predicted octanol–water partition coefficient (Wildman–Crippen LogP) is 1.08. The van der Waals surface area contributed by atoms with E-state index in [0.717, 1.165) is 18.4 Å². The summed E-state index contributed by atoms with van der Waals surface area (Å²) in [5.74, 6) is 0.157. The summed E-state index contributed by atoms with van der Waals surface area (Å²) in [6.45, 7) is 2.15. The van der Waals surface area contributed by atoms with Crippen LogP contribution in [0.5, 0.6) is 0 Å². The fourth-order valence-electron chi connectivity index (χ4n) is 1.93. The molecule has 1 aliphatic carbocycles. The van der Waals surface area contributed by atoms with Crippen LogP contribution in [0.3, 0.4) is 0 Å². The number of nitrogen functional groups attached to an aromatic ring is 1. The van der Waals surface area contributed by atoms with E-state index in [9.17, 15) is 9.90 Å². The summed E-state index contributed by atoms with van der Waals surface area (Å²) < 4.78 is 0. The van der Waals surface area contributed by atoms with Crippen LogP contribution < -0.4 is 11.1 Å². The second-order valence-corrected chi connectivity index (χ2v) is 4.65. The van der Waals surface area contributed by atoms with Crippen molar-refractivity contribution in [3.63, 3.8) is 0 Å². The Balaban J connectivity index is 1.99. The largest absolute Gasteiger partial charge is 0.398 e. The number of amides is 1. The molecule has 0 spiro atoms. The van der Waals surface area contributed by atoms with Gasteiger partial charge in [-0.1, -0.05) is 12.1 Å². The number of nitrogens with one attached hydrogen (secondary N) is 1. The van der Waals surface area contributed by atoms with Gasteiger partial charge in [-0.3, -0.25) is 4.79 Å². The second-order valence-electron chi connectivity index (χ2n) is 4.65. The smallest absolute Gasteiger partial charge is 0.253 e. The molecule has 17 heavy (non-hydrogen) atoms. The average Bonchev–Trinajstić information content (AvgIpc) is 3.09. The number of anilines is 1. The Bertz CT molecular complexity index is 407. The van der Waals surface area contributed by atoms with Gasteiger partial charge < -0.3 is 16.2 Å². The Morgan fingerprint density at radius 1 is 1.59 bits per heavy atom. The van der Waals surface area contributed by atoms with E-state index in [1.807, 2.05) is 19.1 Å². The van der Waals surface area contributed by atoms with Crippen molar-refractivity contribution in [1.29, 1.82) is 0 Å². The number of hydrogen-bond acceptors (Lipinski definition) is 3. The first-order chi connectivity index (χ1) is 8.09. The number of benzene rings is 1. The van der Waals surface area contributed by atoms with Gasteiger partial charge in [0.15, 0.2) is 0 Å². The highest BCUT2D eigenvalue weighted by Crippen LogP contribution is 2.32. The van der Waals surface area contributed by atoms with Gasteiger partial charge in [0.1, 0.15) is 0 Å². The maximum Gasteiger partial charge on any atom is 0.253 e. The van der Waals surface area contributed by atoms with Crippen LogP contribution in [0.1, 0.15) is 28.8 Å². The molecule has 4 heteroatoms. The Labute approximate surface area is 101 Å². The first-order valence-corrected chi connectivity index (χ1v) is 5.91. The van der Waals surface area contributed by atoms with E-state index in [-0.39, 0.29) is 5.91 Å². The van der Waals surface area contributed by atoms with Crippen LogP contribution in [0.4, 0.5) is 5.69 Å². The summed E-state index contributed by atoms with van der Waals surface area (Å²) in [5.41, 5.74) is 7.61. The molecule has 1 unspecified atom stereocenters. The van der Waals surface area contributed by atoms with Crippen LogP contribution in [-0.2, 0) is 0 Å². The Morgan fingerprint density at radius 3 is 2.88 bits per heavy atom. The minimum absolute atomic E-state index is 0.208. The lowest BCUT2D eigenvalue weighted by atomic mass is 10.1. The number of aliphatic hydroxyl groups is 1. The standard InChI is InChI=1S/C13H18N2O2/c1-8-3-2-4-10(14)12(8)13(17)15-7-11(16)9-5-6-9/h2-4,9,11,16H,5-7,14H2,1H3,(H,15,17). The molecule has 4 nitrogen and oxygen atoms in total. The summed E-state index contributed by atoms with van der Waals surface area (Å²) >= 11 is 0. The average molecular weight is 234 g/mol. The van der Waals surface area contributed by atoms with E-state index in [0.29, 0.717) is 23.7 Å². The molecular weight excluding hydrogens is 216 g/mol. The maximum absolute atomic E-state index is 11.9. The topological polar surface area (TPSA) is 75.4 Å². The van der Waals surface area contributed by atoms with Crippen LogP contribution in [0, 0.1) is 12.8 Å². The molecule has 0 radical (unpaired) electrons. The van der Waals surface area contributed by atoms with Crippen LogP contribution in [0.25, 0.3) is 0 Å². The van der Waals surface area contributed by atoms with Crippen LogP contribution in [-0.4, -0.2) is 23.7 Å². The fraction of sp³-hybridized carbons (Fsp3) is 0.462. The molecule has 92 valence electrons. The van der Waals surface area contributed by atoms with E-state index < -0.39 is 6.10 Å². The first kappa shape index (κ1) is 11.9. The van der Waals surface area contributed by atoms with Crippen molar-refractivity contribution in [1.82, 2.24) is 5.32 Å². The molecule has 4 N–H and O–H groups in total. The monoisotopic (exact) mass is 234 g/mol. The highest BCUT2D eigenvalue weighted by atomic mass is 16.3. The first-order valence-electron chi connectivity index (χ1n) is 5.91. The number of aryl methyl sites for hydroxylation is 1. The molecule has 0 aromatic heterocycles. The van der Waals surface area contributed by atoms with Crippen molar-refractivity contribution in [2.24, 2.45) is 5.92 Å². The highest BCUT2D eigenvalue weighted by Gasteiger charge is 2.29. The van der Waals surface area contributed by atoms with Crippen molar-refractivity contribution < 1.29 is 9.90 Å². The van der Waals surface area contributed by atoms with E-state index in [4.69, 9.17) is 5.73 Å². The van der Waals surface area contributed by atoms with Crippen molar-refractivity contribution in [3.05, 3.63) is 29.3 Å². The fourth-order valence-corrected chi connectivity index (χ4v) is 1.93. The highest BCUT2D eigenvalue weighted by molar-refractivity contribution is 6.00. The van der Waals surface area contributed by atoms with Gasteiger partial charge in [0, 0.05) is 12.2 Å². The van der Waals surface area contributed by atoms with Crippen LogP contribution in [0.2, 0.25) is 0 Å². The van der Waals surface area contributed by atoms with Gasteiger partial charge in [-0.05, 0) is 37.3 Å². The van der Waals surface area contributed by atoms with Gasteiger partial charge >= 0.3 is 0 Å². The van der Waals surface area contributed by atoms with Crippen molar-refractivity contribution >= 4 is 11.6 Å². The lowest BCUT2D eigenvalue weighted by Crippen LogP contribution is -2.33. The maximum atomic E-state index is 11.9. The molecule has 0 bridgehead atoms. The molecule has 0 heterocycles. The zero-order chi connectivity index (χ0) is 12.4. The van der Waals surface area contributed by atoms with Crippen molar-refractivity contribution in [3.8, 4) is 0 Å². The Kier molecular flexibility index (Phi) is 3.33. The molecule has 2 rings (SSSR count). The van der Waals surface area contributed by atoms with Crippen molar-refractivity contribution in [2.45, 2.75) is 25.9 Å². The minimum atomic E-state index is -0.427. The lowest BCUT2D eigenvalue weighted by molar-refractivity contribution is 0.0901. The van der Waals surface area contributed by atoms with Gasteiger partial charge in [0.25, 0.3) is 5.91 Å². The Hall–Kier alpha value is -1.55. The Morgan fingerprint density at radius 2 is 2.29 bits per heavy atom. The SMILES string of the molecule is Cc1cccc(N)c1C(=O)NCC(O)C1CC1. The van der Waals surface area contributed by atoms with E-state index in [1.165, 1.54) is 0 Å². The summed E-state index contributed by atoms with van der Waals surface area (Å²) in [5, 5.41) is 12.4. The number of aliphatic hydroxyl groups excluding tert-OH is 1. The van der Waals surface area contributed by atoms with E-state index in [1.54, 1.807) is 6.07 Å². The molecule has 1 aromatic carbocycles. The van der Waals surface area contributed by atoms with Crippen LogP contribution in [0.15, 0.2) is 18.2 Å². The van der Waals surface area contributed by atoms with Gasteiger partial charge in [-0.25, -0.2) is 0 Å². The van der Waals surface area contributed by atoms with Crippen LogP contribution >= 0.6 is 0 Å². The van der Waals surface area contributed by atoms with Gasteiger partial charge in [-0.15, -0.1) is 0 Å². The normalized spacial score (nSPS) is 16.6. The quantitative estimate of drug-likeness (QED) is 0.682. The lowest BCUT2D eigenvalue weighted by Gasteiger charge is -2.13. The third-order valence-corrected chi connectivity index (χ3v) is 3.17. The summed E-state index contributed by atoms with van der Waals surface area (Å²) in [4.78, 5) is 11.9. The number of carbonyl (C=O) groups is 1. The summed E-state index contributed by atoms with van der Waals surface area (Å²) in [6, 6.07) is 5.38. The third-order valence-electron chi connectivity index (χ3n) is 3.17. The molecule has 1 aromatic rings. The number of rotatable bonds is 4. The molecule has 1 saturated carbocycles. The zero-order valence-electron chi connectivity index (χ0n) is 9.94. The molecule has 1 fully saturated rings. The number of hydrogen-bond donors (Lipinski definition) is 3. The van der Waals surface area contributed by atoms with Gasteiger partial charge in [-0.2, -0.15) is 0 Å².